The van der Waals surface area contributed by atoms with E-state index in [0.717, 1.165) is 12.1 Å². The molecular weight excluding hydrogens is 649 g/mol. The number of aromatic nitrogens is 2. The van der Waals surface area contributed by atoms with Gasteiger partial charge in [0.15, 0.2) is 0 Å². The molecule has 182 valence electrons. The van der Waals surface area contributed by atoms with E-state index in [1.807, 2.05) is 30.3 Å². The minimum atomic E-state index is -0.729. The maximum atomic E-state index is 14.5. The van der Waals surface area contributed by atoms with Crippen molar-refractivity contribution in [3.8, 4) is 22.5 Å². The number of halogens is 4. The summed E-state index contributed by atoms with van der Waals surface area (Å²) in [5, 5.41) is 0. The van der Waals surface area contributed by atoms with E-state index in [1.54, 1.807) is 41.3 Å². The molecule has 0 saturated heterocycles. The van der Waals surface area contributed by atoms with Crippen molar-refractivity contribution >= 4 is 17.3 Å². The first kappa shape index (κ1) is 25.3. The van der Waals surface area contributed by atoms with Crippen LogP contribution in [-0.4, -0.2) is 9.97 Å². The third-order valence-electron chi connectivity index (χ3n) is 5.36. The molecule has 0 saturated carbocycles. The zero-order valence-electron chi connectivity index (χ0n) is 18.5. The maximum absolute atomic E-state index is 14.5. The van der Waals surface area contributed by atoms with Crippen LogP contribution in [0.5, 0.6) is 0 Å². The number of hydrogen-bond acceptors (Lipinski definition) is 3. The topological polar surface area (TPSA) is 29.0 Å². The summed E-state index contributed by atoms with van der Waals surface area (Å²) in [4.78, 5) is 11.0. The van der Waals surface area contributed by atoms with Crippen molar-refractivity contribution in [3.05, 3.63) is 126 Å². The summed E-state index contributed by atoms with van der Waals surface area (Å²) < 4.78 is 55.7. The molecule has 0 atom stereocenters. The quantitative estimate of drug-likeness (QED) is 0.179. The first-order chi connectivity index (χ1) is 17.0. The second-order valence-corrected chi connectivity index (χ2v) is 7.68. The van der Waals surface area contributed by atoms with Crippen molar-refractivity contribution in [2.45, 2.75) is 0 Å². The third kappa shape index (κ3) is 5.21. The predicted octanol–water partition coefficient (Wildman–Crippen LogP) is 7.83. The molecule has 2 heterocycles. The van der Waals surface area contributed by atoms with Gasteiger partial charge in [-0.2, -0.15) is 0 Å². The molecule has 0 radical (unpaired) electrons. The standard InChI is InChI=1S/C28H17F4N3.Pt/c29-18-12-14-21(23(31)16-18)25-8-4-10-27(33-25)35(20-6-2-1-3-7-20)28-11-5-9-26(34-28)22-15-13-19(30)17-24(22)32;/h1-17H;. The predicted molar refractivity (Wildman–Crippen MR) is 127 cm³/mol. The Balaban J connectivity index is 0.00000304. The monoisotopic (exact) mass is 666 g/mol. The van der Waals surface area contributed by atoms with Gasteiger partial charge in [0.25, 0.3) is 0 Å². The van der Waals surface area contributed by atoms with E-state index < -0.39 is 23.3 Å². The van der Waals surface area contributed by atoms with Gasteiger partial charge in [0.2, 0.25) is 0 Å². The molecule has 5 rings (SSSR count). The fourth-order valence-corrected chi connectivity index (χ4v) is 3.75. The molecule has 3 nitrogen and oxygen atoms in total. The Morgan fingerprint density at radius 2 is 0.972 bits per heavy atom. The van der Waals surface area contributed by atoms with Crippen LogP contribution in [0.25, 0.3) is 22.5 Å². The van der Waals surface area contributed by atoms with Crippen LogP contribution in [0, 0.1) is 23.3 Å². The average Bonchev–Trinajstić information content (AvgIpc) is 2.85. The van der Waals surface area contributed by atoms with E-state index in [0.29, 0.717) is 28.7 Å². The van der Waals surface area contributed by atoms with Gasteiger partial charge in [-0.25, -0.2) is 27.5 Å². The van der Waals surface area contributed by atoms with Crippen molar-refractivity contribution in [3.63, 3.8) is 0 Å². The Bertz CT molecular complexity index is 1420. The van der Waals surface area contributed by atoms with Crippen molar-refractivity contribution < 1.29 is 38.6 Å². The number of benzene rings is 3. The summed E-state index contributed by atoms with van der Waals surface area (Å²) in [6.45, 7) is 0. The molecule has 8 heteroatoms. The normalized spacial score (nSPS) is 10.6. The van der Waals surface area contributed by atoms with Gasteiger partial charge in [0, 0.05) is 50.0 Å². The average molecular weight is 667 g/mol. The maximum Gasteiger partial charge on any atom is 0.139 e. The van der Waals surface area contributed by atoms with Crippen LogP contribution in [0.2, 0.25) is 0 Å². The second-order valence-electron chi connectivity index (χ2n) is 7.68. The molecule has 0 fully saturated rings. The Hall–Kier alpha value is -3.83. The first-order valence-corrected chi connectivity index (χ1v) is 10.7. The second kappa shape index (κ2) is 10.8. The molecule has 0 amide bonds. The van der Waals surface area contributed by atoms with Gasteiger partial charge in [-0.1, -0.05) is 30.3 Å². The van der Waals surface area contributed by atoms with Crippen molar-refractivity contribution in [1.82, 2.24) is 9.97 Å². The molecule has 0 N–H and O–H groups in total. The van der Waals surface area contributed by atoms with Crippen LogP contribution in [-0.2, 0) is 21.1 Å². The Morgan fingerprint density at radius 3 is 1.42 bits per heavy atom. The van der Waals surface area contributed by atoms with Crippen LogP contribution in [0.4, 0.5) is 34.9 Å². The Morgan fingerprint density at radius 1 is 0.500 bits per heavy atom. The molecule has 5 aromatic rings. The Kier molecular flexibility index (Phi) is 7.60. The van der Waals surface area contributed by atoms with E-state index in [1.165, 1.54) is 24.3 Å². The first-order valence-electron chi connectivity index (χ1n) is 10.7. The van der Waals surface area contributed by atoms with Gasteiger partial charge in [-0.3, -0.25) is 4.90 Å². The zero-order chi connectivity index (χ0) is 24.4. The van der Waals surface area contributed by atoms with Gasteiger partial charge in [-0.05, 0) is 60.7 Å². The molecule has 0 spiro atoms. The fourth-order valence-electron chi connectivity index (χ4n) is 3.75. The summed E-state index contributed by atoms with van der Waals surface area (Å²) in [5.41, 5.74) is 1.62. The molecule has 0 aliphatic heterocycles. The number of rotatable bonds is 5. The smallest absolute Gasteiger partial charge is 0.139 e. The van der Waals surface area contributed by atoms with Crippen LogP contribution in [0.3, 0.4) is 0 Å². The molecule has 36 heavy (non-hydrogen) atoms. The summed E-state index contributed by atoms with van der Waals surface area (Å²) in [6, 6.07) is 26.0. The van der Waals surface area contributed by atoms with Crippen LogP contribution in [0.15, 0.2) is 103 Å². The van der Waals surface area contributed by atoms with Gasteiger partial charge in [0.1, 0.15) is 34.9 Å². The molecule has 3 aromatic carbocycles. The zero-order valence-corrected chi connectivity index (χ0v) is 20.8. The molecule has 0 bridgehead atoms. The van der Waals surface area contributed by atoms with E-state index in [-0.39, 0.29) is 32.2 Å². The van der Waals surface area contributed by atoms with Gasteiger partial charge < -0.3 is 0 Å². The number of hydrogen-bond donors (Lipinski definition) is 0. The number of anilines is 3. The van der Waals surface area contributed by atoms with Gasteiger partial charge in [-0.15, -0.1) is 0 Å². The Labute approximate surface area is 219 Å². The molecule has 0 aliphatic carbocycles. The van der Waals surface area contributed by atoms with Crippen LogP contribution in [0.1, 0.15) is 0 Å². The van der Waals surface area contributed by atoms with E-state index in [9.17, 15) is 17.6 Å². The van der Waals surface area contributed by atoms with Crippen LogP contribution < -0.4 is 4.90 Å². The van der Waals surface area contributed by atoms with Gasteiger partial charge >= 0.3 is 0 Å². The van der Waals surface area contributed by atoms with Crippen molar-refractivity contribution in [1.29, 1.82) is 0 Å². The van der Waals surface area contributed by atoms with Crippen molar-refractivity contribution in [2.75, 3.05) is 4.90 Å². The summed E-state index contributed by atoms with van der Waals surface area (Å²) in [5.74, 6) is -1.98. The summed E-state index contributed by atoms with van der Waals surface area (Å²) >= 11 is 0. The number of pyridine rings is 2. The molecular formula is C28H17F4N3Pt. The van der Waals surface area contributed by atoms with Crippen LogP contribution >= 0.6 is 0 Å². The van der Waals surface area contributed by atoms with E-state index in [2.05, 4.69) is 9.97 Å². The van der Waals surface area contributed by atoms with E-state index in [4.69, 9.17) is 0 Å². The molecule has 0 unspecified atom stereocenters. The molecule has 2 aromatic heterocycles. The largest absolute Gasteiger partial charge is 0.279 e. The minimum absolute atomic E-state index is 0. The number of nitrogens with zero attached hydrogens (tertiary/aromatic N) is 3. The number of para-hydroxylation sites is 1. The third-order valence-corrected chi connectivity index (χ3v) is 5.36. The summed E-state index contributed by atoms with van der Waals surface area (Å²) in [6.07, 6.45) is 0. The minimum Gasteiger partial charge on any atom is -0.279 e. The fraction of sp³-hybridized carbons (Fsp3) is 0. The SMILES string of the molecule is Fc1ccc(-c2cccc(N(c3ccccc3)c3cccc(-c4ccc(F)cc4F)n3)n2)c(F)c1.[Pt]. The summed E-state index contributed by atoms with van der Waals surface area (Å²) in [7, 11) is 0. The molecule has 0 aliphatic rings. The van der Waals surface area contributed by atoms with Crippen molar-refractivity contribution in [2.24, 2.45) is 0 Å². The van der Waals surface area contributed by atoms with Gasteiger partial charge in [0.05, 0.1) is 11.4 Å². The van der Waals surface area contributed by atoms with E-state index >= 15 is 0 Å².